The predicted molar refractivity (Wildman–Crippen MR) is 62.0 cm³/mol. The molecule has 4 nitrogen and oxygen atoms in total. The van der Waals surface area contributed by atoms with Crippen LogP contribution in [0, 0.1) is 12.7 Å². The maximum atomic E-state index is 14.0. The van der Waals surface area contributed by atoms with Crippen LogP contribution in [0.2, 0.25) is 0 Å². The van der Waals surface area contributed by atoms with Crippen LogP contribution in [-0.2, 0) is 11.3 Å². The van der Waals surface area contributed by atoms with Gasteiger partial charge in [-0.3, -0.25) is 0 Å². The molecule has 0 aliphatic rings. The van der Waals surface area contributed by atoms with Crippen LogP contribution in [-0.4, -0.2) is 28.5 Å². The van der Waals surface area contributed by atoms with Gasteiger partial charge in [0.1, 0.15) is 12.1 Å². The Kier molecular flexibility index (Phi) is 3.49. The number of aryl methyl sites for hydroxylation is 1. The normalized spacial score (nSPS) is 10.8. The second kappa shape index (κ2) is 5.05. The Hall–Kier alpha value is -1.75. The third-order valence-electron chi connectivity index (χ3n) is 2.58. The molecule has 0 aliphatic carbocycles. The summed E-state index contributed by atoms with van der Waals surface area (Å²) < 4.78 is 20.7. The zero-order chi connectivity index (χ0) is 12.3. The van der Waals surface area contributed by atoms with Crippen molar-refractivity contribution >= 4 is 0 Å². The molecule has 5 heteroatoms. The van der Waals surface area contributed by atoms with E-state index >= 15 is 0 Å². The molecule has 0 atom stereocenters. The van der Waals surface area contributed by atoms with Crippen LogP contribution in [0.5, 0.6) is 0 Å². The standard InChI is InChI=1S/C12H14FN3O/c1-9-4-3-5-10(11(9)13)12-15-14-8-16(12)6-7-17-2/h3-5,8H,6-7H2,1-2H3. The third-order valence-corrected chi connectivity index (χ3v) is 2.58. The van der Waals surface area contributed by atoms with Gasteiger partial charge in [0.25, 0.3) is 0 Å². The molecule has 0 amide bonds. The quantitative estimate of drug-likeness (QED) is 0.814. The van der Waals surface area contributed by atoms with Crippen LogP contribution in [0.25, 0.3) is 11.4 Å². The molecule has 0 saturated carbocycles. The zero-order valence-electron chi connectivity index (χ0n) is 9.85. The van der Waals surface area contributed by atoms with Crippen molar-refractivity contribution in [2.24, 2.45) is 0 Å². The number of nitrogens with zero attached hydrogens (tertiary/aromatic N) is 3. The lowest BCUT2D eigenvalue weighted by molar-refractivity contribution is 0.187. The fraction of sp³-hybridized carbons (Fsp3) is 0.333. The van der Waals surface area contributed by atoms with E-state index in [4.69, 9.17) is 4.74 Å². The van der Waals surface area contributed by atoms with Crippen LogP contribution in [0.4, 0.5) is 4.39 Å². The van der Waals surface area contributed by atoms with Gasteiger partial charge in [-0.25, -0.2) is 4.39 Å². The fourth-order valence-electron chi connectivity index (χ4n) is 1.64. The van der Waals surface area contributed by atoms with Crippen molar-refractivity contribution in [3.05, 3.63) is 35.9 Å². The van der Waals surface area contributed by atoms with Gasteiger partial charge in [-0.05, 0) is 18.6 Å². The van der Waals surface area contributed by atoms with Crippen LogP contribution in [0.15, 0.2) is 24.5 Å². The number of rotatable bonds is 4. The summed E-state index contributed by atoms with van der Waals surface area (Å²) in [4.78, 5) is 0. The molecule has 1 aromatic carbocycles. The molecular formula is C12H14FN3O. The number of methoxy groups -OCH3 is 1. The van der Waals surface area contributed by atoms with E-state index in [9.17, 15) is 4.39 Å². The van der Waals surface area contributed by atoms with Crippen molar-refractivity contribution in [1.29, 1.82) is 0 Å². The Bertz CT molecular complexity index is 510. The highest BCUT2D eigenvalue weighted by atomic mass is 19.1. The van der Waals surface area contributed by atoms with E-state index in [1.807, 2.05) is 6.07 Å². The predicted octanol–water partition coefficient (Wildman–Crippen LogP) is 2.04. The summed E-state index contributed by atoms with van der Waals surface area (Å²) in [5.41, 5.74) is 1.07. The van der Waals surface area contributed by atoms with E-state index in [0.29, 0.717) is 30.1 Å². The lowest BCUT2D eigenvalue weighted by Crippen LogP contribution is -2.06. The van der Waals surface area contributed by atoms with Crippen LogP contribution in [0.1, 0.15) is 5.56 Å². The first-order valence-corrected chi connectivity index (χ1v) is 5.36. The van der Waals surface area contributed by atoms with Gasteiger partial charge < -0.3 is 9.30 Å². The lowest BCUT2D eigenvalue weighted by Gasteiger charge is -2.07. The molecule has 0 aliphatic heterocycles. The Labute approximate surface area is 99.1 Å². The highest BCUT2D eigenvalue weighted by molar-refractivity contribution is 5.57. The van der Waals surface area contributed by atoms with E-state index < -0.39 is 0 Å². The van der Waals surface area contributed by atoms with E-state index in [0.717, 1.165) is 0 Å². The molecule has 2 aromatic rings. The molecule has 0 N–H and O–H groups in total. The largest absolute Gasteiger partial charge is 0.383 e. The molecule has 1 aromatic heterocycles. The minimum Gasteiger partial charge on any atom is -0.383 e. The average molecular weight is 235 g/mol. The molecule has 2 rings (SSSR count). The molecule has 0 fully saturated rings. The Morgan fingerprint density at radius 1 is 1.41 bits per heavy atom. The monoisotopic (exact) mass is 235 g/mol. The first-order valence-electron chi connectivity index (χ1n) is 5.36. The average Bonchev–Trinajstić information content (AvgIpc) is 2.78. The van der Waals surface area contributed by atoms with E-state index in [1.165, 1.54) is 0 Å². The van der Waals surface area contributed by atoms with Gasteiger partial charge in [-0.15, -0.1) is 10.2 Å². The fourth-order valence-corrected chi connectivity index (χ4v) is 1.64. The molecule has 0 radical (unpaired) electrons. The molecule has 0 unspecified atom stereocenters. The molecule has 0 saturated heterocycles. The smallest absolute Gasteiger partial charge is 0.166 e. The number of hydrogen-bond donors (Lipinski definition) is 0. The van der Waals surface area contributed by atoms with Crippen LogP contribution in [0.3, 0.4) is 0 Å². The maximum absolute atomic E-state index is 14.0. The van der Waals surface area contributed by atoms with Crippen molar-refractivity contribution in [3.63, 3.8) is 0 Å². The third kappa shape index (κ3) is 2.34. The molecule has 0 spiro atoms. The topological polar surface area (TPSA) is 39.9 Å². The van der Waals surface area contributed by atoms with Gasteiger partial charge in [0.15, 0.2) is 5.82 Å². The van der Waals surface area contributed by atoms with Crippen molar-refractivity contribution in [1.82, 2.24) is 14.8 Å². The van der Waals surface area contributed by atoms with Gasteiger partial charge in [0.05, 0.1) is 12.2 Å². The second-order valence-electron chi connectivity index (χ2n) is 3.78. The van der Waals surface area contributed by atoms with E-state index in [1.54, 1.807) is 37.1 Å². The van der Waals surface area contributed by atoms with Crippen molar-refractivity contribution in [2.45, 2.75) is 13.5 Å². The SMILES string of the molecule is COCCn1cnnc1-c1cccc(C)c1F. The van der Waals surface area contributed by atoms with Crippen molar-refractivity contribution in [3.8, 4) is 11.4 Å². The summed E-state index contributed by atoms with van der Waals surface area (Å²) in [5.74, 6) is 0.280. The number of aromatic nitrogens is 3. The molecule has 17 heavy (non-hydrogen) atoms. The van der Waals surface area contributed by atoms with Crippen LogP contribution >= 0.6 is 0 Å². The Morgan fingerprint density at radius 2 is 2.24 bits per heavy atom. The molecule has 90 valence electrons. The zero-order valence-corrected chi connectivity index (χ0v) is 9.85. The Balaban J connectivity index is 2.39. The number of hydrogen-bond acceptors (Lipinski definition) is 3. The van der Waals surface area contributed by atoms with Gasteiger partial charge in [0, 0.05) is 13.7 Å². The minimum atomic E-state index is -0.251. The van der Waals surface area contributed by atoms with Gasteiger partial charge in [0.2, 0.25) is 0 Å². The number of ether oxygens (including phenoxy) is 1. The summed E-state index contributed by atoms with van der Waals surface area (Å²) in [6, 6.07) is 5.24. The number of halogens is 1. The first kappa shape index (κ1) is 11.7. The minimum absolute atomic E-state index is 0.251. The first-order chi connectivity index (χ1) is 8.24. The molecular weight excluding hydrogens is 221 g/mol. The summed E-state index contributed by atoms with van der Waals surface area (Å²) >= 11 is 0. The van der Waals surface area contributed by atoms with Crippen molar-refractivity contribution < 1.29 is 9.13 Å². The Morgan fingerprint density at radius 3 is 3.00 bits per heavy atom. The van der Waals surface area contributed by atoms with E-state index in [2.05, 4.69) is 10.2 Å². The molecule has 1 heterocycles. The van der Waals surface area contributed by atoms with Crippen molar-refractivity contribution in [2.75, 3.05) is 13.7 Å². The maximum Gasteiger partial charge on any atom is 0.166 e. The number of benzene rings is 1. The van der Waals surface area contributed by atoms with Gasteiger partial charge in [-0.1, -0.05) is 12.1 Å². The summed E-state index contributed by atoms with van der Waals surface area (Å²) in [7, 11) is 1.62. The highest BCUT2D eigenvalue weighted by Crippen LogP contribution is 2.22. The van der Waals surface area contributed by atoms with Gasteiger partial charge in [-0.2, -0.15) is 0 Å². The second-order valence-corrected chi connectivity index (χ2v) is 3.78. The molecule has 0 bridgehead atoms. The van der Waals surface area contributed by atoms with Crippen LogP contribution < -0.4 is 0 Å². The highest BCUT2D eigenvalue weighted by Gasteiger charge is 2.13. The summed E-state index contributed by atoms with van der Waals surface area (Å²) in [5, 5.41) is 7.77. The van der Waals surface area contributed by atoms with E-state index in [-0.39, 0.29) is 5.82 Å². The van der Waals surface area contributed by atoms with Gasteiger partial charge >= 0.3 is 0 Å². The summed E-state index contributed by atoms with van der Waals surface area (Å²) in [6.07, 6.45) is 1.58. The lowest BCUT2D eigenvalue weighted by atomic mass is 10.1. The summed E-state index contributed by atoms with van der Waals surface area (Å²) in [6.45, 7) is 2.87.